The molecule has 32 heavy (non-hydrogen) atoms. The molecule has 1 aliphatic heterocycles. The van der Waals surface area contributed by atoms with Gasteiger partial charge in [0.15, 0.2) is 0 Å². The molecule has 2 aromatic carbocycles. The van der Waals surface area contributed by atoms with Gasteiger partial charge in [0.25, 0.3) is 15.6 Å². The monoisotopic (exact) mass is 518 g/mol. The lowest BCUT2D eigenvalue weighted by Gasteiger charge is -2.21. The molecule has 1 unspecified atom stereocenters. The van der Waals surface area contributed by atoms with Crippen LogP contribution in [0, 0.1) is 6.92 Å². The SMILES string of the molecule is CC(=O)N1c2cc(S(=O)(=O)Nc3c(C)n(C)n(-c4ccccc4)c3=O)c(Br)cc2CC1C. The van der Waals surface area contributed by atoms with Crippen LogP contribution in [-0.4, -0.2) is 29.7 Å². The second kappa shape index (κ2) is 7.93. The van der Waals surface area contributed by atoms with Gasteiger partial charge in [0.2, 0.25) is 5.91 Å². The molecule has 1 amide bonds. The summed E-state index contributed by atoms with van der Waals surface area (Å²) < 4.78 is 32.5. The number of carbonyl (C=O) groups is 1. The Morgan fingerprint density at radius 2 is 1.84 bits per heavy atom. The van der Waals surface area contributed by atoms with Crippen molar-refractivity contribution in [2.24, 2.45) is 7.05 Å². The van der Waals surface area contributed by atoms with Gasteiger partial charge in [-0.2, -0.15) is 0 Å². The average Bonchev–Trinajstić information content (AvgIpc) is 3.15. The van der Waals surface area contributed by atoms with E-state index in [2.05, 4.69) is 20.7 Å². The summed E-state index contributed by atoms with van der Waals surface area (Å²) >= 11 is 3.36. The molecule has 10 heteroatoms. The van der Waals surface area contributed by atoms with E-state index < -0.39 is 15.6 Å². The summed E-state index contributed by atoms with van der Waals surface area (Å²) in [6, 6.07) is 12.1. The molecule has 1 N–H and O–H groups in total. The fourth-order valence-electron chi connectivity index (χ4n) is 4.18. The van der Waals surface area contributed by atoms with Crippen LogP contribution in [0.2, 0.25) is 0 Å². The number of rotatable bonds is 4. The zero-order valence-corrected chi connectivity index (χ0v) is 20.5. The summed E-state index contributed by atoms with van der Waals surface area (Å²) in [6.45, 7) is 5.05. The Hall–Kier alpha value is -2.85. The molecule has 0 saturated carbocycles. The number of halogens is 1. The number of amides is 1. The second-order valence-corrected chi connectivity index (χ2v) is 10.4. The van der Waals surface area contributed by atoms with Crippen molar-refractivity contribution in [2.75, 3.05) is 9.62 Å². The third-order valence-electron chi connectivity index (χ3n) is 5.77. The lowest BCUT2D eigenvalue weighted by molar-refractivity contribution is -0.116. The molecule has 0 spiro atoms. The highest BCUT2D eigenvalue weighted by atomic mass is 79.9. The minimum absolute atomic E-state index is 0.0273. The third-order valence-corrected chi connectivity index (χ3v) is 8.08. The number of hydrogen-bond donors (Lipinski definition) is 1. The van der Waals surface area contributed by atoms with E-state index in [1.165, 1.54) is 17.7 Å². The number of hydrogen-bond acceptors (Lipinski definition) is 4. The molecule has 0 radical (unpaired) electrons. The van der Waals surface area contributed by atoms with Crippen molar-refractivity contribution in [1.29, 1.82) is 0 Å². The first-order valence-electron chi connectivity index (χ1n) is 10.0. The van der Waals surface area contributed by atoms with Gasteiger partial charge in [0.05, 0.1) is 11.4 Å². The molecule has 168 valence electrons. The standard InChI is InChI=1S/C22H23BrN4O4S/c1-13-10-16-11-18(23)20(12-19(16)26(13)15(3)28)32(30,31)24-21-14(2)25(4)27(22(21)29)17-8-6-5-7-9-17/h5-9,11-13,24H,10H2,1-4H3. The summed E-state index contributed by atoms with van der Waals surface area (Å²) in [5.74, 6) is -0.153. The molecular formula is C22H23BrN4O4S. The van der Waals surface area contributed by atoms with Crippen molar-refractivity contribution in [2.45, 2.75) is 38.1 Å². The molecule has 0 aliphatic carbocycles. The van der Waals surface area contributed by atoms with Crippen LogP contribution in [0.3, 0.4) is 0 Å². The van der Waals surface area contributed by atoms with Gasteiger partial charge in [0, 0.05) is 30.2 Å². The van der Waals surface area contributed by atoms with Gasteiger partial charge in [-0.25, -0.2) is 13.1 Å². The maximum Gasteiger partial charge on any atom is 0.296 e. The van der Waals surface area contributed by atoms with Crippen molar-refractivity contribution < 1.29 is 13.2 Å². The summed E-state index contributed by atoms with van der Waals surface area (Å²) in [5, 5.41) is 0. The van der Waals surface area contributed by atoms with E-state index in [9.17, 15) is 18.0 Å². The molecular weight excluding hydrogens is 496 g/mol. The van der Waals surface area contributed by atoms with Crippen molar-refractivity contribution in [3.63, 3.8) is 0 Å². The molecule has 2 heterocycles. The van der Waals surface area contributed by atoms with Crippen LogP contribution in [0.1, 0.15) is 25.1 Å². The van der Waals surface area contributed by atoms with Crippen molar-refractivity contribution in [1.82, 2.24) is 9.36 Å². The number of nitrogens with zero attached hydrogens (tertiary/aromatic N) is 3. The van der Waals surface area contributed by atoms with Gasteiger partial charge in [-0.3, -0.25) is 19.0 Å². The Morgan fingerprint density at radius 1 is 1.19 bits per heavy atom. The fraction of sp³-hybridized carbons (Fsp3) is 0.273. The predicted octanol–water partition coefficient (Wildman–Crippen LogP) is 3.35. The minimum atomic E-state index is -4.12. The second-order valence-electron chi connectivity index (χ2n) is 7.90. The van der Waals surface area contributed by atoms with E-state index in [1.54, 1.807) is 53.9 Å². The van der Waals surface area contributed by atoms with Gasteiger partial charge in [-0.1, -0.05) is 18.2 Å². The largest absolute Gasteiger partial charge is 0.309 e. The van der Waals surface area contributed by atoms with Crippen LogP contribution in [0.5, 0.6) is 0 Å². The van der Waals surface area contributed by atoms with Crippen LogP contribution in [-0.2, 0) is 28.3 Å². The number of sulfonamides is 1. The zero-order chi connectivity index (χ0) is 23.4. The van der Waals surface area contributed by atoms with Crippen LogP contribution in [0.15, 0.2) is 56.6 Å². The summed E-state index contributed by atoms with van der Waals surface area (Å²) in [5.41, 5.74) is 2.05. The van der Waals surface area contributed by atoms with Gasteiger partial charge in [0.1, 0.15) is 10.6 Å². The maximum atomic E-state index is 13.3. The van der Waals surface area contributed by atoms with E-state index in [0.29, 0.717) is 28.0 Å². The molecule has 0 bridgehead atoms. The maximum absolute atomic E-state index is 13.3. The third kappa shape index (κ3) is 3.57. The number of fused-ring (bicyclic) bond motifs is 1. The normalized spacial score (nSPS) is 15.7. The topological polar surface area (TPSA) is 93.4 Å². The minimum Gasteiger partial charge on any atom is -0.309 e. The summed E-state index contributed by atoms with van der Waals surface area (Å²) in [7, 11) is -2.43. The molecule has 1 aliphatic rings. The van der Waals surface area contributed by atoms with Gasteiger partial charge in [-0.15, -0.1) is 0 Å². The Balaban J connectivity index is 1.79. The van der Waals surface area contributed by atoms with E-state index in [1.807, 2.05) is 13.0 Å². The number of aromatic nitrogens is 2. The Labute approximate surface area is 194 Å². The van der Waals surface area contributed by atoms with Crippen LogP contribution in [0.25, 0.3) is 5.69 Å². The van der Waals surface area contributed by atoms with Gasteiger partial charge >= 0.3 is 0 Å². The predicted molar refractivity (Wildman–Crippen MR) is 127 cm³/mol. The molecule has 4 rings (SSSR count). The number of anilines is 2. The number of nitrogens with one attached hydrogen (secondary N) is 1. The van der Waals surface area contributed by atoms with Crippen LogP contribution in [0.4, 0.5) is 11.4 Å². The highest BCUT2D eigenvalue weighted by Gasteiger charge is 2.32. The van der Waals surface area contributed by atoms with E-state index in [4.69, 9.17) is 0 Å². The first-order chi connectivity index (χ1) is 15.0. The van der Waals surface area contributed by atoms with E-state index in [0.717, 1.165) is 5.56 Å². The van der Waals surface area contributed by atoms with Crippen molar-refractivity contribution in [3.05, 3.63) is 68.5 Å². The Kier molecular flexibility index (Phi) is 5.54. The van der Waals surface area contributed by atoms with E-state index >= 15 is 0 Å². The summed E-state index contributed by atoms with van der Waals surface area (Å²) in [4.78, 5) is 26.8. The summed E-state index contributed by atoms with van der Waals surface area (Å²) in [6.07, 6.45) is 0.640. The van der Waals surface area contributed by atoms with Crippen LogP contribution >= 0.6 is 15.9 Å². The quantitative estimate of drug-likeness (QED) is 0.572. The molecule has 8 nitrogen and oxygen atoms in total. The highest BCUT2D eigenvalue weighted by Crippen LogP contribution is 2.38. The molecule has 3 aromatic rings. The van der Waals surface area contributed by atoms with Gasteiger partial charge < -0.3 is 4.90 Å². The smallest absolute Gasteiger partial charge is 0.296 e. The average molecular weight is 519 g/mol. The number of para-hydroxylation sites is 1. The lowest BCUT2D eigenvalue weighted by Crippen LogP contribution is -2.33. The lowest BCUT2D eigenvalue weighted by atomic mass is 10.1. The number of benzene rings is 2. The first-order valence-corrected chi connectivity index (χ1v) is 12.3. The van der Waals surface area contributed by atoms with Crippen molar-refractivity contribution >= 4 is 43.2 Å². The highest BCUT2D eigenvalue weighted by molar-refractivity contribution is 9.10. The van der Waals surface area contributed by atoms with Crippen LogP contribution < -0.4 is 15.2 Å². The zero-order valence-electron chi connectivity index (χ0n) is 18.1. The fourth-order valence-corrected chi connectivity index (χ4v) is 6.41. The first kappa shape index (κ1) is 22.3. The van der Waals surface area contributed by atoms with Crippen molar-refractivity contribution in [3.8, 4) is 5.69 Å². The van der Waals surface area contributed by atoms with E-state index in [-0.39, 0.29) is 22.5 Å². The Bertz CT molecular complexity index is 1390. The Morgan fingerprint density at radius 3 is 2.47 bits per heavy atom. The molecule has 0 saturated heterocycles. The molecule has 1 atom stereocenters. The molecule has 1 aromatic heterocycles. The molecule has 0 fully saturated rings. The number of carbonyl (C=O) groups excluding carboxylic acids is 1. The van der Waals surface area contributed by atoms with Gasteiger partial charge in [-0.05, 0) is 66.0 Å².